The molecule has 1 aliphatic carbocycles. The second kappa shape index (κ2) is 4.19. The van der Waals surface area contributed by atoms with Gasteiger partial charge in [-0.05, 0) is 17.5 Å². The van der Waals surface area contributed by atoms with Crippen LogP contribution in [0.15, 0.2) is 35.0 Å². The van der Waals surface area contributed by atoms with Crippen molar-refractivity contribution in [3.8, 4) is 11.4 Å². The van der Waals surface area contributed by atoms with Crippen molar-refractivity contribution in [1.82, 2.24) is 15.1 Å². The van der Waals surface area contributed by atoms with Gasteiger partial charge in [0.25, 0.3) is 0 Å². The lowest BCUT2D eigenvalue weighted by molar-refractivity contribution is -0.139. The smallest absolute Gasteiger partial charge is 0.307 e. The molecule has 2 aromatic heterocycles. The van der Waals surface area contributed by atoms with E-state index in [1.54, 1.807) is 0 Å². The number of aliphatic carboxylic acids is 1. The van der Waals surface area contributed by atoms with Crippen molar-refractivity contribution in [3.05, 3.63) is 36.4 Å². The Balaban J connectivity index is 1.74. The van der Waals surface area contributed by atoms with Gasteiger partial charge in [-0.2, -0.15) is 4.98 Å². The van der Waals surface area contributed by atoms with Crippen LogP contribution in [0.1, 0.15) is 25.7 Å². The summed E-state index contributed by atoms with van der Waals surface area (Å²) in [4.78, 5) is 18.9. The highest BCUT2D eigenvalue weighted by atomic mass is 16.5. The van der Waals surface area contributed by atoms with Gasteiger partial charge in [-0.25, -0.2) is 0 Å². The maximum Gasteiger partial charge on any atom is 0.307 e. The highest BCUT2D eigenvalue weighted by molar-refractivity contribution is 5.93. The zero-order valence-corrected chi connectivity index (χ0v) is 12.2. The van der Waals surface area contributed by atoms with Crippen molar-refractivity contribution >= 4 is 16.9 Å². The van der Waals surface area contributed by atoms with E-state index in [0.717, 1.165) is 16.5 Å². The SMILES string of the molecule is CC1(C)[C@H](c2nc(-c3cccc4[nH]ccc34)no2)[C@@H]1C(=O)O. The largest absolute Gasteiger partial charge is 0.481 e. The molecule has 1 fully saturated rings. The molecule has 3 aromatic rings. The summed E-state index contributed by atoms with van der Waals surface area (Å²) in [5.74, 6) is -0.616. The summed E-state index contributed by atoms with van der Waals surface area (Å²) in [6.07, 6.45) is 1.86. The van der Waals surface area contributed by atoms with E-state index in [9.17, 15) is 9.90 Å². The van der Waals surface area contributed by atoms with Crippen LogP contribution in [0.2, 0.25) is 0 Å². The molecule has 4 rings (SSSR count). The predicted molar refractivity (Wildman–Crippen MR) is 79.2 cm³/mol. The molecule has 112 valence electrons. The number of hydrogen-bond acceptors (Lipinski definition) is 4. The van der Waals surface area contributed by atoms with Crippen molar-refractivity contribution in [2.24, 2.45) is 11.3 Å². The Morgan fingerprint density at radius 3 is 2.91 bits per heavy atom. The Hall–Kier alpha value is -2.63. The quantitative estimate of drug-likeness (QED) is 0.775. The Morgan fingerprint density at radius 1 is 1.36 bits per heavy atom. The fraction of sp³-hybridized carbons (Fsp3) is 0.312. The molecule has 2 N–H and O–H groups in total. The number of carbonyl (C=O) groups is 1. The Bertz CT molecular complexity index is 878. The van der Waals surface area contributed by atoms with Crippen LogP contribution in [0, 0.1) is 11.3 Å². The summed E-state index contributed by atoms with van der Waals surface area (Å²) in [6, 6.07) is 7.79. The number of aromatic amines is 1. The normalized spacial score (nSPS) is 22.8. The lowest BCUT2D eigenvalue weighted by Gasteiger charge is -1.97. The minimum atomic E-state index is -0.817. The number of rotatable bonds is 3. The monoisotopic (exact) mass is 297 g/mol. The van der Waals surface area contributed by atoms with E-state index in [-0.39, 0.29) is 11.3 Å². The standard InChI is InChI=1S/C16H15N3O3/c1-16(2)11(12(16)15(20)21)14-18-13(19-22-14)9-4-3-5-10-8(9)6-7-17-10/h3-7,11-12,17H,1-2H3,(H,20,21)/t11-,12+/m0/s1. The van der Waals surface area contributed by atoms with Crippen molar-refractivity contribution < 1.29 is 14.4 Å². The first-order valence-electron chi connectivity index (χ1n) is 7.13. The molecule has 1 aliphatic rings. The van der Waals surface area contributed by atoms with E-state index < -0.39 is 11.9 Å². The Morgan fingerprint density at radius 2 is 2.18 bits per heavy atom. The van der Waals surface area contributed by atoms with Gasteiger partial charge in [0.2, 0.25) is 11.7 Å². The molecule has 0 saturated heterocycles. The van der Waals surface area contributed by atoms with E-state index in [0.29, 0.717) is 11.7 Å². The molecule has 0 bridgehead atoms. The number of hydrogen-bond donors (Lipinski definition) is 2. The van der Waals surface area contributed by atoms with E-state index in [1.165, 1.54) is 0 Å². The molecule has 22 heavy (non-hydrogen) atoms. The first-order chi connectivity index (χ1) is 10.5. The third-order valence-electron chi connectivity index (χ3n) is 4.64. The van der Waals surface area contributed by atoms with Crippen LogP contribution in [-0.4, -0.2) is 26.2 Å². The van der Waals surface area contributed by atoms with Crippen molar-refractivity contribution in [3.63, 3.8) is 0 Å². The van der Waals surface area contributed by atoms with Gasteiger partial charge in [-0.1, -0.05) is 31.1 Å². The van der Waals surface area contributed by atoms with E-state index >= 15 is 0 Å². The van der Waals surface area contributed by atoms with Crippen molar-refractivity contribution in [2.75, 3.05) is 0 Å². The molecule has 1 saturated carbocycles. The molecule has 2 atom stereocenters. The van der Waals surface area contributed by atoms with Crippen LogP contribution in [0.3, 0.4) is 0 Å². The van der Waals surface area contributed by atoms with E-state index in [1.807, 2.05) is 44.3 Å². The maximum atomic E-state index is 11.3. The second-order valence-corrected chi connectivity index (χ2v) is 6.32. The van der Waals surface area contributed by atoms with Gasteiger partial charge in [0, 0.05) is 22.7 Å². The molecule has 6 heteroatoms. The van der Waals surface area contributed by atoms with E-state index in [4.69, 9.17) is 4.52 Å². The van der Waals surface area contributed by atoms with Crippen LogP contribution in [0.5, 0.6) is 0 Å². The molecule has 1 aromatic carbocycles. The first kappa shape index (κ1) is 13.1. The Kier molecular flexibility index (Phi) is 2.49. The van der Waals surface area contributed by atoms with Gasteiger partial charge in [-0.15, -0.1) is 0 Å². The summed E-state index contributed by atoms with van der Waals surface area (Å²) in [5, 5.41) is 14.3. The topological polar surface area (TPSA) is 92.0 Å². The number of H-pyrrole nitrogens is 1. The van der Waals surface area contributed by atoms with Crippen LogP contribution >= 0.6 is 0 Å². The number of nitrogens with one attached hydrogen (secondary N) is 1. The number of carboxylic acid groups (broad SMARTS) is 1. The molecule has 0 unspecified atom stereocenters. The number of fused-ring (bicyclic) bond motifs is 1. The van der Waals surface area contributed by atoms with Crippen LogP contribution < -0.4 is 0 Å². The lowest BCUT2D eigenvalue weighted by Crippen LogP contribution is -2.03. The third-order valence-corrected chi connectivity index (χ3v) is 4.64. The summed E-state index contributed by atoms with van der Waals surface area (Å²) >= 11 is 0. The molecular weight excluding hydrogens is 282 g/mol. The average molecular weight is 297 g/mol. The Labute approximate surface area is 126 Å². The number of carboxylic acids is 1. The molecule has 2 heterocycles. The molecule has 0 amide bonds. The fourth-order valence-corrected chi connectivity index (χ4v) is 3.31. The maximum absolute atomic E-state index is 11.3. The van der Waals surface area contributed by atoms with Crippen molar-refractivity contribution in [1.29, 1.82) is 0 Å². The zero-order chi connectivity index (χ0) is 15.5. The van der Waals surface area contributed by atoms with Gasteiger partial charge < -0.3 is 14.6 Å². The average Bonchev–Trinajstić information content (AvgIpc) is 2.93. The summed E-state index contributed by atoms with van der Waals surface area (Å²) < 4.78 is 5.35. The zero-order valence-electron chi connectivity index (χ0n) is 12.2. The van der Waals surface area contributed by atoms with Gasteiger partial charge in [0.1, 0.15) is 0 Å². The van der Waals surface area contributed by atoms with Gasteiger partial charge in [0.15, 0.2) is 0 Å². The summed E-state index contributed by atoms with van der Waals surface area (Å²) in [6.45, 7) is 3.82. The van der Waals surface area contributed by atoms with E-state index in [2.05, 4.69) is 15.1 Å². The third kappa shape index (κ3) is 1.70. The lowest BCUT2D eigenvalue weighted by atomic mass is 10.1. The van der Waals surface area contributed by atoms with Crippen LogP contribution in [0.4, 0.5) is 0 Å². The number of nitrogens with zero attached hydrogens (tertiary/aromatic N) is 2. The summed E-state index contributed by atoms with van der Waals surface area (Å²) in [5.41, 5.74) is 1.52. The molecule has 6 nitrogen and oxygen atoms in total. The van der Waals surface area contributed by atoms with Gasteiger partial charge in [0.05, 0.1) is 11.8 Å². The highest BCUT2D eigenvalue weighted by Gasteiger charge is 2.65. The van der Waals surface area contributed by atoms with Crippen LogP contribution in [0.25, 0.3) is 22.3 Å². The molecule has 0 spiro atoms. The molecule has 0 radical (unpaired) electrons. The van der Waals surface area contributed by atoms with Crippen LogP contribution in [-0.2, 0) is 4.79 Å². The highest BCUT2D eigenvalue weighted by Crippen LogP contribution is 2.64. The molecular formula is C16H15N3O3. The second-order valence-electron chi connectivity index (χ2n) is 6.32. The van der Waals surface area contributed by atoms with Gasteiger partial charge >= 0.3 is 5.97 Å². The first-order valence-corrected chi connectivity index (χ1v) is 7.13. The summed E-state index contributed by atoms with van der Waals surface area (Å²) in [7, 11) is 0. The van der Waals surface area contributed by atoms with Crippen molar-refractivity contribution in [2.45, 2.75) is 19.8 Å². The molecule has 0 aliphatic heterocycles. The minimum absolute atomic E-state index is 0.225. The number of benzene rings is 1. The van der Waals surface area contributed by atoms with Gasteiger partial charge in [-0.3, -0.25) is 4.79 Å². The predicted octanol–water partition coefficient (Wildman–Crippen LogP) is 3.04. The number of aromatic nitrogens is 3. The fourth-order valence-electron chi connectivity index (χ4n) is 3.31. The minimum Gasteiger partial charge on any atom is -0.481 e.